The van der Waals surface area contributed by atoms with Gasteiger partial charge in [0.15, 0.2) is 0 Å². The molecule has 17 heavy (non-hydrogen) atoms. The average molecular weight is 259 g/mol. The molecule has 7 nitrogen and oxygen atoms in total. The minimum atomic E-state index is -3.86. The number of amides is 1. The van der Waals surface area contributed by atoms with Gasteiger partial charge in [0.05, 0.1) is 7.11 Å². The lowest BCUT2D eigenvalue weighted by molar-refractivity contribution is 0.169. The summed E-state index contributed by atoms with van der Waals surface area (Å²) in [7, 11) is -2.74. The van der Waals surface area contributed by atoms with Crippen LogP contribution in [0.15, 0.2) is 24.3 Å². The van der Waals surface area contributed by atoms with Gasteiger partial charge in [-0.05, 0) is 19.1 Å². The number of aryl methyl sites for hydroxylation is 1. The average Bonchev–Trinajstić information content (AvgIpc) is 2.29. The largest absolute Gasteiger partial charge is 0.452 e. The summed E-state index contributed by atoms with van der Waals surface area (Å²) in [6, 6.07) is 6.72. The Hall–Kier alpha value is -1.80. The molecule has 8 heteroatoms. The van der Waals surface area contributed by atoms with Crippen LogP contribution in [0.5, 0.6) is 0 Å². The molecule has 0 fully saturated rings. The molecule has 0 heterocycles. The summed E-state index contributed by atoms with van der Waals surface area (Å²) < 4.78 is 29.2. The first kappa shape index (κ1) is 13.3. The standard InChI is InChI=1S/C9H13N3O4S/c1-7-3-5-8(6-4-7)11-17(14,15)12-10-9(13)16-2/h3-6,11-12H,1-2H3,(H,10,13). The molecule has 0 saturated carbocycles. The summed E-state index contributed by atoms with van der Waals surface area (Å²) in [6.07, 6.45) is -0.903. The number of rotatable bonds is 4. The van der Waals surface area contributed by atoms with Crippen molar-refractivity contribution in [2.24, 2.45) is 0 Å². The number of carbonyl (C=O) groups is 1. The van der Waals surface area contributed by atoms with Crippen LogP contribution in [0.1, 0.15) is 5.56 Å². The van der Waals surface area contributed by atoms with E-state index in [1.54, 1.807) is 24.3 Å². The third-order valence-corrected chi connectivity index (χ3v) is 2.65. The molecule has 1 amide bonds. The first-order valence-corrected chi connectivity index (χ1v) is 6.11. The van der Waals surface area contributed by atoms with E-state index in [1.807, 2.05) is 17.2 Å². The van der Waals surface area contributed by atoms with Gasteiger partial charge in [0.1, 0.15) is 0 Å². The van der Waals surface area contributed by atoms with Crippen molar-refractivity contribution in [1.29, 1.82) is 0 Å². The Bertz CT molecular complexity index is 483. The second-order valence-electron chi connectivity index (χ2n) is 3.19. The smallest absolute Gasteiger partial charge is 0.422 e. The van der Waals surface area contributed by atoms with Crippen molar-refractivity contribution in [3.8, 4) is 0 Å². The number of carbonyl (C=O) groups excluding carboxylic acids is 1. The molecule has 0 aliphatic heterocycles. The molecule has 0 unspecified atom stereocenters. The van der Waals surface area contributed by atoms with Crippen LogP contribution in [0.3, 0.4) is 0 Å². The fourth-order valence-electron chi connectivity index (χ4n) is 0.962. The number of anilines is 1. The molecule has 0 aliphatic rings. The molecule has 0 aromatic heterocycles. The van der Waals surface area contributed by atoms with Gasteiger partial charge in [-0.3, -0.25) is 4.72 Å². The van der Waals surface area contributed by atoms with Crippen molar-refractivity contribution >= 4 is 22.0 Å². The number of ether oxygens (including phenoxy) is 1. The zero-order valence-corrected chi connectivity index (χ0v) is 10.2. The monoisotopic (exact) mass is 259 g/mol. The fourth-order valence-corrected chi connectivity index (χ4v) is 1.68. The Morgan fingerprint density at radius 2 is 1.82 bits per heavy atom. The molecule has 0 spiro atoms. The summed E-state index contributed by atoms with van der Waals surface area (Å²) in [6.45, 7) is 1.88. The molecule has 1 rings (SSSR count). The number of hydrazine groups is 1. The van der Waals surface area contributed by atoms with E-state index in [0.29, 0.717) is 5.69 Å². The second-order valence-corrected chi connectivity index (χ2v) is 4.61. The van der Waals surface area contributed by atoms with Gasteiger partial charge in [0, 0.05) is 5.69 Å². The molecule has 1 aromatic rings. The van der Waals surface area contributed by atoms with Gasteiger partial charge in [-0.2, -0.15) is 8.42 Å². The highest BCUT2D eigenvalue weighted by Gasteiger charge is 2.10. The fraction of sp³-hybridized carbons (Fsp3) is 0.222. The minimum Gasteiger partial charge on any atom is -0.452 e. The van der Waals surface area contributed by atoms with Crippen LogP contribution in [-0.4, -0.2) is 21.6 Å². The first-order valence-electron chi connectivity index (χ1n) is 4.63. The summed E-state index contributed by atoms with van der Waals surface area (Å²) in [5, 5.41) is 0. The number of benzene rings is 1. The van der Waals surface area contributed by atoms with Gasteiger partial charge in [-0.1, -0.05) is 17.7 Å². The van der Waals surface area contributed by atoms with E-state index in [1.165, 1.54) is 0 Å². The van der Waals surface area contributed by atoms with Crippen molar-refractivity contribution in [3.05, 3.63) is 29.8 Å². The lowest BCUT2D eigenvalue weighted by Gasteiger charge is -2.09. The number of methoxy groups -OCH3 is 1. The van der Waals surface area contributed by atoms with Gasteiger partial charge < -0.3 is 4.74 Å². The Morgan fingerprint density at radius 1 is 1.24 bits per heavy atom. The molecule has 0 saturated heterocycles. The molecule has 94 valence electrons. The summed E-state index contributed by atoms with van der Waals surface area (Å²) in [5.74, 6) is 0. The van der Waals surface area contributed by atoms with Crippen molar-refractivity contribution in [1.82, 2.24) is 10.3 Å². The Balaban J connectivity index is 2.60. The van der Waals surface area contributed by atoms with Crippen LogP contribution in [0, 0.1) is 6.92 Å². The van der Waals surface area contributed by atoms with Crippen molar-refractivity contribution in [2.75, 3.05) is 11.8 Å². The molecule has 0 atom stereocenters. The van der Waals surface area contributed by atoms with Gasteiger partial charge in [-0.15, -0.1) is 4.83 Å². The third kappa shape index (κ3) is 4.70. The minimum absolute atomic E-state index is 0.384. The van der Waals surface area contributed by atoms with E-state index in [4.69, 9.17) is 0 Å². The maximum Gasteiger partial charge on any atom is 0.422 e. The Kier molecular flexibility index (Phi) is 4.30. The maximum atomic E-state index is 11.4. The van der Waals surface area contributed by atoms with Gasteiger partial charge in [0.25, 0.3) is 0 Å². The predicted octanol–water partition coefficient (Wildman–Crippen LogP) is 0.512. The van der Waals surface area contributed by atoms with Gasteiger partial charge >= 0.3 is 16.3 Å². The van der Waals surface area contributed by atoms with Crippen molar-refractivity contribution in [3.63, 3.8) is 0 Å². The highest BCUT2D eigenvalue weighted by molar-refractivity contribution is 7.90. The van der Waals surface area contributed by atoms with Crippen molar-refractivity contribution < 1.29 is 17.9 Å². The van der Waals surface area contributed by atoms with Gasteiger partial charge in [0.2, 0.25) is 0 Å². The molecular formula is C9H13N3O4S. The quantitative estimate of drug-likeness (QED) is 0.686. The molecular weight excluding hydrogens is 246 g/mol. The van der Waals surface area contributed by atoms with Crippen LogP contribution in [0.25, 0.3) is 0 Å². The van der Waals surface area contributed by atoms with Gasteiger partial charge in [-0.25, -0.2) is 10.2 Å². The lowest BCUT2D eigenvalue weighted by Crippen LogP contribution is -2.44. The Morgan fingerprint density at radius 3 is 2.35 bits per heavy atom. The second kappa shape index (κ2) is 5.51. The van der Waals surface area contributed by atoms with E-state index >= 15 is 0 Å². The van der Waals surface area contributed by atoms with E-state index in [0.717, 1.165) is 12.7 Å². The zero-order valence-electron chi connectivity index (χ0n) is 9.35. The molecule has 0 aliphatic carbocycles. The number of hydrogen-bond donors (Lipinski definition) is 3. The first-order chi connectivity index (χ1) is 7.93. The maximum absolute atomic E-state index is 11.4. The molecule has 1 aromatic carbocycles. The number of hydrogen-bond acceptors (Lipinski definition) is 4. The zero-order chi connectivity index (χ0) is 12.9. The highest BCUT2D eigenvalue weighted by Crippen LogP contribution is 2.09. The van der Waals surface area contributed by atoms with Crippen LogP contribution in [0.4, 0.5) is 10.5 Å². The summed E-state index contributed by atoms with van der Waals surface area (Å²) in [4.78, 5) is 12.5. The normalized spacial score (nSPS) is 10.7. The number of nitrogens with one attached hydrogen (secondary N) is 3. The van der Waals surface area contributed by atoms with E-state index < -0.39 is 16.3 Å². The third-order valence-electron chi connectivity index (χ3n) is 1.78. The topological polar surface area (TPSA) is 96.5 Å². The van der Waals surface area contributed by atoms with E-state index in [-0.39, 0.29) is 0 Å². The van der Waals surface area contributed by atoms with E-state index in [9.17, 15) is 13.2 Å². The highest BCUT2D eigenvalue weighted by atomic mass is 32.2. The predicted molar refractivity (Wildman–Crippen MR) is 62.4 cm³/mol. The molecule has 3 N–H and O–H groups in total. The summed E-state index contributed by atoms with van der Waals surface area (Å²) in [5.41, 5.74) is 3.23. The van der Waals surface area contributed by atoms with Crippen LogP contribution < -0.4 is 15.0 Å². The van der Waals surface area contributed by atoms with Crippen LogP contribution in [0.2, 0.25) is 0 Å². The molecule has 0 radical (unpaired) electrons. The summed E-state index contributed by atoms with van der Waals surface area (Å²) >= 11 is 0. The Labute approximate surface area is 99.3 Å². The van der Waals surface area contributed by atoms with Crippen molar-refractivity contribution in [2.45, 2.75) is 6.92 Å². The SMILES string of the molecule is COC(=O)NNS(=O)(=O)Nc1ccc(C)cc1. The van der Waals surface area contributed by atoms with Crippen LogP contribution in [-0.2, 0) is 14.9 Å². The van der Waals surface area contributed by atoms with Crippen LogP contribution >= 0.6 is 0 Å². The lowest BCUT2D eigenvalue weighted by atomic mass is 10.2. The molecule has 0 bridgehead atoms. The van der Waals surface area contributed by atoms with E-state index in [2.05, 4.69) is 9.46 Å².